The van der Waals surface area contributed by atoms with Crippen molar-refractivity contribution in [3.05, 3.63) is 57.8 Å². The fraction of sp³-hybridized carbons (Fsp3) is 0.400. The van der Waals surface area contributed by atoms with Crippen LogP contribution in [0.2, 0.25) is 0 Å². The topological polar surface area (TPSA) is 93.1 Å². The van der Waals surface area contributed by atoms with E-state index in [2.05, 4.69) is 15.7 Å². The minimum Gasteiger partial charge on any atom is -0.353 e. The van der Waals surface area contributed by atoms with Crippen LogP contribution in [-0.2, 0) is 4.79 Å². The molecule has 28 heavy (non-hydrogen) atoms. The molecule has 0 radical (unpaired) electrons. The van der Waals surface area contributed by atoms with E-state index < -0.39 is 17.2 Å². The number of aryl methyl sites for hydroxylation is 1. The van der Waals surface area contributed by atoms with Gasteiger partial charge in [-0.05, 0) is 31.9 Å². The van der Waals surface area contributed by atoms with Gasteiger partial charge in [0, 0.05) is 30.8 Å². The van der Waals surface area contributed by atoms with Crippen LogP contribution in [-0.4, -0.2) is 34.2 Å². The molecule has 0 bridgehead atoms. The second kappa shape index (κ2) is 8.77. The molecule has 1 heterocycles. The molecule has 1 aromatic heterocycles. The third kappa shape index (κ3) is 4.62. The van der Waals surface area contributed by atoms with Crippen LogP contribution in [0, 0.1) is 12.7 Å². The molecule has 0 unspecified atom stereocenters. The van der Waals surface area contributed by atoms with Crippen molar-refractivity contribution in [3.8, 4) is 5.69 Å². The first-order valence-electron chi connectivity index (χ1n) is 9.39. The lowest BCUT2D eigenvalue weighted by Gasteiger charge is -2.13. The van der Waals surface area contributed by atoms with Gasteiger partial charge in [-0.3, -0.25) is 14.4 Å². The Morgan fingerprint density at radius 1 is 1.25 bits per heavy atom. The highest BCUT2D eigenvalue weighted by molar-refractivity contribution is 5.92. The van der Waals surface area contributed by atoms with Crippen LogP contribution in [0.15, 0.2) is 35.1 Å². The number of hydrogen-bond acceptors (Lipinski definition) is 4. The molecule has 2 N–H and O–H groups in total. The molecule has 1 aliphatic carbocycles. The Bertz CT molecular complexity index is 935. The van der Waals surface area contributed by atoms with Crippen molar-refractivity contribution in [3.63, 3.8) is 0 Å². The van der Waals surface area contributed by atoms with Gasteiger partial charge >= 0.3 is 0 Å². The second-order valence-corrected chi connectivity index (χ2v) is 6.92. The number of para-hydroxylation sites is 1. The highest BCUT2D eigenvalue weighted by Crippen LogP contribution is 2.17. The Hall–Kier alpha value is -3.03. The first kappa shape index (κ1) is 19.7. The lowest BCUT2D eigenvalue weighted by Crippen LogP contribution is -2.37. The molecule has 1 aliphatic rings. The van der Waals surface area contributed by atoms with Crippen molar-refractivity contribution in [1.82, 2.24) is 20.4 Å². The summed E-state index contributed by atoms with van der Waals surface area (Å²) in [5.74, 6) is -1.34. The fourth-order valence-electron chi connectivity index (χ4n) is 3.32. The third-order valence-corrected chi connectivity index (χ3v) is 4.76. The molecule has 0 aliphatic heterocycles. The molecular weight excluding hydrogens is 363 g/mol. The average molecular weight is 386 g/mol. The largest absolute Gasteiger partial charge is 0.353 e. The van der Waals surface area contributed by atoms with E-state index in [0.717, 1.165) is 25.7 Å². The maximum absolute atomic E-state index is 14.1. The summed E-state index contributed by atoms with van der Waals surface area (Å²) in [6.07, 6.45) is 4.33. The molecular formula is C20H23FN4O3. The fourth-order valence-corrected chi connectivity index (χ4v) is 3.32. The van der Waals surface area contributed by atoms with Crippen LogP contribution in [0.3, 0.4) is 0 Å². The monoisotopic (exact) mass is 386 g/mol. The van der Waals surface area contributed by atoms with Crippen LogP contribution in [0.5, 0.6) is 0 Å². The summed E-state index contributed by atoms with van der Waals surface area (Å²) in [5.41, 5.74) is -0.351. The summed E-state index contributed by atoms with van der Waals surface area (Å²) in [6.45, 7) is 1.70. The van der Waals surface area contributed by atoms with E-state index in [1.54, 1.807) is 19.1 Å². The number of carbonyl (C=O) groups is 2. The van der Waals surface area contributed by atoms with Gasteiger partial charge in [0.05, 0.1) is 0 Å². The summed E-state index contributed by atoms with van der Waals surface area (Å²) in [5, 5.41) is 9.51. The number of nitrogens with zero attached hydrogens (tertiary/aromatic N) is 2. The van der Waals surface area contributed by atoms with E-state index in [1.807, 2.05) is 0 Å². The summed E-state index contributed by atoms with van der Waals surface area (Å²) < 4.78 is 15.3. The first-order chi connectivity index (χ1) is 13.5. The number of halogens is 1. The molecule has 7 nitrogen and oxygen atoms in total. The van der Waals surface area contributed by atoms with Crippen molar-refractivity contribution in [2.45, 2.75) is 45.1 Å². The molecule has 2 aromatic rings. The van der Waals surface area contributed by atoms with E-state index >= 15 is 0 Å². The maximum atomic E-state index is 14.1. The quantitative estimate of drug-likeness (QED) is 0.793. The van der Waals surface area contributed by atoms with Crippen molar-refractivity contribution >= 4 is 11.8 Å². The summed E-state index contributed by atoms with van der Waals surface area (Å²) in [7, 11) is 0. The Kier molecular flexibility index (Phi) is 6.18. The Morgan fingerprint density at radius 3 is 2.68 bits per heavy atom. The van der Waals surface area contributed by atoms with Gasteiger partial charge < -0.3 is 10.6 Å². The van der Waals surface area contributed by atoms with E-state index in [0.29, 0.717) is 5.69 Å². The lowest BCUT2D eigenvalue weighted by atomic mass is 10.2. The van der Waals surface area contributed by atoms with Gasteiger partial charge in [-0.1, -0.05) is 25.0 Å². The van der Waals surface area contributed by atoms with Crippen molar-refractivity contribution in [2.75, 3.05) is 6.54 Å². The number of amides is 2. The Balaban J connectivity index is 1.66. The van der Waals surface area contributed by atoms with E-state index in [9.17, 15) is 18.8 Å². The Morgan fingerprint density at radius 2 is 1.96 bits per heavy atom. The number of benzene rings is 1. The molecule has 0 spiro atoms. The molecule has 2 amide bonds. The highest BCUT2D eigenvalue weighted by atomic mass is 19.1. The van der Waals surface area contributed by atoms with Crippen LogP contribution in [0.25, 0.3) is 5.69 Å². The molecule has 1 fully saturated rings. The number of hydrogen-bond donors (Lipinski definition) is 2. The number of carbonyl (C=O) groups excluding carboxylic acids is 2. The van der Waals surface area contributed by atoms with Crippen LogP contribution in [0.1, 0.15) is 48.3 Å². The predicted molar refractivity (Wildman–Crippen MR) is 102 cm³/mol. The van der Waals surface area contributed by atoms with Crippen LogP contribution < -0.4 is 16.1 Å². The SMILES string of the molecule is Cc1cc(=O)c(C(=O)NCCC(=O)NC2CCCC2)nn1-c1ccccc1F. The molecule has 1 aromatic carbocycles. The van der Waals surface area contributed by atoms with Crippen LogP contribution >= 0.6 is 0 Å². The van der Waals surface area contributed by atoms with Gasteiger partial charge in [0.15, 0.2) is 5.69 Å². The average Bonchev–Trinajstić information content (AvgIpc) is 3.15. The standard InChI is InChI=1S/C20H23FN4O3/c1-13-12-17(26)19(24-25(13)16-9-5-4-8-15(16)21)20(28)22-11-10-18(27)23-14-6-2-3-7-14/h4-5,8-9,12,14H,2-3,6-7,10-11H2,1H3,(H,22,28)(H,23,27). The van der Waals surface area contributed by atoms with Gasteiger partial charge in [0.25, 0.3) is 5.91 Å². The van der Waals surface area contributed by atoms with E-state index in [1.165, 1.54) is 22.9 Å². The zero-order valence-corrected chi connectivity index (χ0v) is 15.7. The van der Waals surface area contributed by atoms with Gasteiger partial charge in [-0.25, -0.2) is 9.07 Å². The number of nitrogens with one attached hydrogen (secondary N) is 2. The summed E-state index contributed by atoms with van der Waals surface area (Å²) in [6, 6.07) is 7.42. The molecule has 1 saturated carbocycles. The Labute approximate surface area is 161 Å². The first-order valence-corrected chi connectivity index (χ1v) is 9.39. The smallest absolute Gasteiger partial charge is 0.275 e. The van der Waals surface area contributed by atoms with Gasteiger partial charge in [0.1, 0.15) is 11.5 Å². The molecule has 0 atom stereocenters. The third-order valence-electron chi connectivity index (χ3n) is 4.76. The number of aromatic nitrogens is 2. The van der Waals surface area contributed by atoms with Gasteiger partial charge in [0.2, 0.25) is 11.3 Å². The number of rotatable bonds is 6. The maximum Gasteiger partial charge on any atom is 0.275 e. The van der Waals surface area contributed by atoms with Crippen molar-refractivity contribution in [2.24, 2.45) is 0 Å². The van der Waals surface area contributed by atoms with Crippen LogP contribution in [0.4, 0.5) is 4.39 Å². The minimum absolute atomic E-state index is 0.0894. The van der Waals surface area contributed by atoms with Gasteiger partial charge in [-0.15, -0.1) is 0 Å². The lowest BCUT2D eigenvalue weighted by molar-refractivity contribution is -0.121. The van der Waals surface area contributed by atoms with Crippen molar-refractivity contribution in [1.29, 1.82) is 0 Å². The normalized spacial score (nSPS) is 14.1. The second-order valence-electron chi connectivity index (χ2n) is 6.92. The summed E-state index contributed by atoms with van der Waals surface area (Å²) in [4.78, 5) is 36.4. The highest BCUT2D eigenvalue weighted by Gasteiger charge is 2.19. The zero-order chi connectivity index (χ0) is 20.1. The van der Waals surface area contributed by atoms with E-state index in [-0.39, 0.29) is 36.3 Å². The minimum atomic E-state index is -0.691. The molecule has 0 saturated heterocycles. The summed E-state index contributed by atoms with van der Waals surface area (Å²) >= 11 is 0. The van der Waals surface area contributed by atoms with Gasteiger partial charge in [-0.2, -0.15) is 5.10 Å². The van der Waals surface area contributed by atoms with E-state index in [4.69, 9.17) is 0 Å². The molecule has 8 heteroatoms. The zero-order valence-electron chi connectivity index (χ0n) is 15.7. The molecule has 148 valence electrons. The predicted octanol–water partition coefficient (Wildman–Crippen LogP) is 1.86. The molecule has 3 rings (SSSR count). The van der Waals surface area contributed by atoms with Crippen molar-refractivity contribution < 1.29 is 14.0 Å².